The van der Waals surface area contributed by atoms with Crippen molar-refractivity contribution in [3.8, 4) is 16.8 Å². The highest BCUT2D eigenvalue weighted by molar-refractivity contribution is 5.93. The fraction of sp³-hybridized carbons (Fsp3) is 0.360. The van der Waals surface area contributed by atoms with Gasteiger partial charge in [0.05, 0.1) is 18.1 Å². The first kappa shape index (κ1) is 23.6. The summed E-state index contributed by atoms with van der Waals surface area (Å²) >= 11 is 0. The van der Waals surface area contributed by atoms with E-state index in [0.29, 0.717) is 29.4 Å². The van der Waals surface area contributed by atoms with Gasteiger partial charge in [0, 0.05) is 12.2 Å². The number of nitrogens with one attached hydrogen (secondary N) is 1. The van der Waals surface area contributed by atoms with Gasteiger partial charge >= 0.3 is 6.18 Å². The van der Waals surface area contributed by atoms with Crippen LogP contribution in [-0.2, 0) is 6.18 Å². The highest BCUT2D eigenvalue weighted by Gasteiger charge is 2.33. The number of carbonyl (C=O) groups is 1. The van der Waals surface area contributed by atoms with Crippen LogP contribution in [0.4, 0.5) is 13.2 Å². The predicted octanol–water partition coefficient (Wildman–Crippen LogP) is 6.50. The molecule has 170 valence electrons. The largest absolute Gasteiger partial charge is 0.417 e. The second-order valence-corrected chi connectivity index (χ2v) is 7.87. The van der Waals surface area contributed by atoms with Crippen LogP contribution in [0.5, 0.6) is 0 Å². The lowest BCUT2D eigenvalue weighted by atomic mass is 9.99. The molecule has 0 aliphatic heterocycles. The van der Waals surface area contributed by atoms with E-state index in [9.17, 15) is 18.0 Å². The lowest BCUT2D eigenvalue weighted by Gasteiger charge is -2.16. The Morgan fingerprint density at radius 1 is 1.12 bits per heavy atom. The molecule has 2 aromatic carbocycles. The van der Waals surface area contributed by atoms with E-state index in [4.69, 9.17) is 0 Å². The smallest absolute Gasteiger partial charge is 0.350 e. The molecule has 1 N–H and O–H groups in total. The summed E-state index contributed by atoms with van der Waals surface area (Å²) in [7, 11) is 0. The number of unbranched alkanes of at least 4 members (excludes halogenated alkanes) is 1. The Kier molecular flexibility index (Phi) is 7.72. The van der Waals surface area contributed by atoms with Crippen LogP contribution in [-0.4, -0.2) is 22.0 Å². The summed E-state index contributed by atoms with van der Waals surface area (Å²) in [4.78, 5) is 16.9. The van der Waals surface area contributed by atoms with Gasteiger partial charge in [0.1, 0.15) is 5.69 Å². The molecule has 0 fully saturated rings. The number of alkyl halides is 3. The molecule has 4 nitrogen and oxygen atoms in total. The van der Waals surface area contributed by atoms with Gasteiger partial charge in [0.15, 0.2) is 0 Å². The second-order valence-electron chi connectivity index (χ2n) is 7.87. The highest BCUT2D eigenvalue weighted by atomic mass is 19.4. The minimum Gasteiger partial charge on any atom is -0.350 e. The molecule has 32 heavy (non-hydrogen) atoms. The Labute approximate surface area is 186 Å². The Balaban J connectivity index is 1.85. The van der Waals surface area contributed by atoms with Crippen molar-refractivity contribution in [3.05, 3.63) is 72.3 Å². The number of hydrogen-bond donors (Lipinski definition) is 1. The first-order valence-corrected chi connectivity index (χ1v) is 10.9. The van der Waals surface area contributed by atoms with E-state index in [2.05, 4.69) is 24.1 Å². The average molecular weight is 444 g/mol. The van der Waals surface area contributed by atoms with E-state index in [-0.39, 0.29) is 11.5 Å². The predicted molar refractivity (Wildman–Crippen MR) is 120 cm³/mol. The number of amides is 1. The zero-order chi connectivity index (χ0) is 23.1. The second kappa shape index (κ2) is 10.5. The van der Waals surface area contributed by atoms with Gasteiger partial charge in [-0.25, -0.2) is 4.98 Å². The number of halogens is 3. The maximum Gasteiger partial charge on any atom is 0.417 e. The zero-order valence-corrected chi connectivity index (χ0v) is 18.3. The molecule has 1 aromatic heterocycles. The van der Waals surface area contributed by atoms with E-state index < -0.39 is 11.7 Å². The summed E-state index contributed by atoms with van der Waals surface area (Å²) < 4.78 is 42.0. The summed E-state index contributed by atoms with van der Waals surface area (Å²) in [6.07, 6.45) is 2.80. The van der Waals surface area contributed by atoms with Crippen molar-refractivity contribution in [2.24, 2.45) is 5.92 Å². The molecule has 0 spiro atoms. The lowest BCUT2D eigenvalue weighted by molar-refractivity contribution is -0.137. The van der Waals surface area contributed by atoms with Gasteiger partial charge in [-0.2, -0.15) is 13.2 Å². The zero-order valence-electron chi connectivity index (χ0n) is 18.3. The van der Waals surface area contributed by atoms with Crippen LogP contribution in [0.1, 0.15) is 55.6 Å². The number of nitrogens with zero attached hydrogens (tertiary/aromatic N) is 2. The van der Waals surface area contributed by atoms with Gasteiger partial charge in [-0.15, -0.1) is 0 Å². The van der Waals surface area contributed by atoms with Gasteiger partial charge in [-0.1, -0.05) is 63.4 Å². The summed E-state index contributed by atoms with van der Waals surface area (Å²) in [5.41, 5.74) is 0.728. The Hall–Kier alpha value is -3.09. The number of imidazole rings is 1. The number of benzene rings is 2. The molecule has 3 rings (SSSR count). The maximum absolute atomic E-state index is 13.5. The van der Waals surface area contributed by atoms with Crippen molar-refractivity contribution in [1.29, 1.82) is 0 Å². The highest BCUT2D eigenvalue weighted by Crippen LogP contribution is 2.37. The summed E-state index contributed by atoms with van der Waals surface area (Å²) in [6.45, 7) is 4.84. The minimum atomic E-state index is -4.46. The average Bonchev–Trinajstić information content (AvgIpc) is 3.29. The molecule has 0 aliphatic rings. The third-order valence-corrected chi connectivity index (χ3v) is 5.63. The lowest BCUT2D eigenvalue weighted by Crippen LogP contribution is -2.30. The van der Waals surface area contributed by atoms with E-state index in [1.807, 2.05) is 0 Å². The molecular weight excluding hydrogens is 415 g/mol. The van der Waals surface area contributed by atoms with Gasteiger partial charge in [-0.05, 0) is 41.7 Å². The van der Waals surface area contributed by atoms with Gasteiger partial charge in [0.25, 0.3) is 5.91 Å². The fourth-order valence-corrected chi connectivity index (χ4v) is 3.75. The SMILES string of the molecule is CCCCC(CC)CNC(=O)c1cncn1-c1cccc(-c2ccccc2C(F)(F)F)c1. The minimum absolute atomic E-state index is 0.0923. The first-order valence-electron chi connectivity index (χ1n) is 10.9. The van der Waals surface area contributed by atoms with E-state index in [1.54, 1.807) is 34.9 Å². The Morgan fingerprint density at radius 3 is 2.62 bits per heavy atom. The van der Waals surface area contributed by atoms with Crippen molar-refractivity contribution >= 4 is 5.91 Å². The van der Waals surface area contributed by atoms with Gasteiger partial charge in [0.2, 0.25) is 0 Å². The quantitative estimate of drug-likeness (QED) is 0.410. The fourth-order valence-electron chi connectivity index (χ4n) is 3.75. The van der Waals surface area contributed by atoms with Crippen molar-refractivity contribution < 1.29 is 18.0 Å². The molecular formula is C25H28F3N3O. The summed E-state index contributed by atoms with van der Waals surface area (Å²) in [6, 6.07) is 12.2. The first-order chi connectivity index (χ1) is 15.3. The van der Waals surface area contributed by atoms with Crippen LogP contribution in [0.15, 0.2) is 61.1 Å². The van der Waals surface area contributed by atoms with Gasteiger partial charge < -0.3 is 5.32 Å². The maximum atomic E-state index is 13.5. The molecule has 0 saturated carbocycles. The summed E-state index contributed by atoms with van der Waals surface area (Å²) in [5, 5.41) is 2.98. The van der Waals surface area contributed by atoms with Crippen molar-refractivity contribution in [2.75, 3.05) is 6.54 Å². The third-order valence-electron chi connectivity index (χ3n) is 5.63. The number of carbonyl (C=O) groups excluding carboxylic acids is 1. The summed E-state index contributed by atoms with van der Waals surface area (Å²) in [5.74, 6) is 0.163. The third kappa shape index (κ3) is 5.58. The van der Waals surface area contributed by atoms with E-state index in [0.717, 1.165) is 31.7 Å². The molecule has 3 aromatic rings. The topological polar surface area (TPSA) is 46.9 Å². The normalized spacial score (nSPS) is 12.5. The van der Waals surface area contributed by atoms with Crippen LogP contribution < -0.4 is 5.32 Å². The van der Waals surface area contributed by atoms with Gasteiger partial charge in [-0.3, -0.25) is 9.36 Å². The van der Waals surface area contributed by atoms with E-state index in [1.165, 1.54) is 24.7 Å². The molecule has 1 unspecified atom stereocenters. The molecule has 1 heterocycles. The Morgan fingerprint density at radius 2 is 1.91 bits per heavy atom. The molecule has 0 radical (unpaired) electrons. The van der Waals surface area contributed by atoms with Crippen molar-refractivity contribution in [1.82, 2.24) is 14.9 Å². The molecule has 0 saturated heterocycles. The number of rotatable bonds is 9. The molecule has 0 bridgehead atoms. The Bertz CT molecular complexity index is 1040. The molecule has 0 aliphatic carbocycles. The van der Waals surface area contributed by atoms with Crippen LogP contribution in [0.2, 0.25) is 0 Å². The number of aromatic nitrogens is 2. The van der Waals surface area contributed by atoms with E-state index >= 15 is 0 Å². The molecule has 1 amide bonds. The standard InChI is InChI=1S/C25H28F3N3O/c1-3-5-9-18(4-2)15-30-24(32)23-16-29-17-31(23)20-11-8-10-19(14-20)21-12-6-7-13-22(21)25(26,27)28/h6-8,10-14,16-18H,3-5,9,15H2,1-2H3,(H,30,32). The monoisotopic (exact) mass is 443 g/mol. The van der Waals surface area contributed by atoms with Crippen molar-refractivity contribution in [2.45, 2.75) is 45.7 Å². The van der Waals surface area contributed by atoms with Crippen LogP contribution in [0.3, 0.4) is 0 Å². The molecule has 7 heteroatoms. The van der Waals surface area contributed by atoms with Crippen LogP contribution >= 0.6 is 0 Å². The van der Waals surface area contributed by atoms with Crippen LogP contribution in [0, 0.1) is 5.92 Å². The molecule has 1 atom stereocenters. The number of hydrogen-bond acceptors (Lipinski definition) is 2. The van der Waals surface area contributed by atoms with Crippen LogP contribution in [0.25, 0.3) is 16.8 Å². The van der Waals surface area contributed by atoms with Crippen molar-refractivity contribution in [3.63, 3.8) is 0 Å².